The Morgan fingerprint density at radius 2 is 1.69 bits per heavy atom. The van der Waals surface area contributed by atoms with Crippen molar-refractivity contribution in [1.82, 2.24) is 5.32 Å². The molecule has 0 radical (unpaired) electrons. The van der Waals surface area contributed by atoms with Crippen LogP contribution >= 0.6 is 22.9 Å². The molecule has 3 aromatic rings. The first-order chi connectivity index (χ1) is 15.3. The molecule has 1 heterocycles. The van der Waals surface area contributed by atoms with Crippen LogP contribution in [0, 0.1) is 6.92 Å². The molecular formula is C24H23ClN2O4S. The zero-order valence-electron chi connectivity index (χ0n) is 17.9. The molecule has 1 aromatic heterocycles. The van der Waals surface area contributed by atoms with Gasteiger partial charge in [-0.15, -0.1) is 11.3 Å². The molecular weight excluding hydrogens is 448 g/mol. The lowest BCUT2D eigenvalue weighted by Gasteiger charge is -2.14. The van der Waals surface area contributed by atoms with Gasteiger partial charge < -0.3 is 15.4 Å². The van der Waals surface area contributed by atoms with E-state index in [4.69, 9.17) is 16.3 Å². The van der Waals surface area contributed by atoms with Crippen LogP contribution < -0.4 is 10.6 Å². The Balaban J connectivity index is 1.90. The van der Waals surface area contributed by atoms with E-state index in [0.29, 0.717) is 21.0 Å². The maximum atomic E-state index is 13.0. The molecule has 0 bridgehead atoms. The van der Waals surface area contributed by atoms with E-state index in [-0.39, 0.29) is 29.1 Å². The van der Waals surface area contributed by atoms with Crippen molar-refractivity contribution in [2.24, 2.45) is 0 Å². The monoisotopic (exact) mass is 470 g/mol. The van der Waals surface area contributed by atoms with Gasteiger partial charge in [0, 0.05) is 10.6 Å². The lowest BCUT2D eigenvalue weighted by Crippen LogP contribution is -2.26. The minimum Gasteiger partial charge on any atom is -0.462 e. The first-order valence-electron chi connectivity index (χ1n) is 10.0. The van der Waals surface area contributed by atoms with Gasteiger partial charge in [0.05, 0.1) is 23.1 Å². The van der Waals surface area contributed by atoms with Crippen molar-refractivity contribution >= 4 is 45.7 Å². The van der Waals surface area contributed by atoms with E-state index in [2.05, 4.69) is 10.6 Å². The van der Waals surface area contributed by atoms with Crippen molar-refractivity contribution in [2.75, 3.05) is 11.9 Å². The predicted octanol–water partition coefficient (Wildman–Crippen LogP) is 5.63. The Morgan fingerprint density at radius 3 is 2.31 bits per heavy atom. The lowest BCUT2D eigenvalue weighted by molar-refractivity contribution is 0.0527. The van der Waals surface area contributed by atoms with Crippen molar-refractivity contribution in [3.05, 3.63) is 86.8 Å². The summed E-state index contributed by atoms with van der Waals surface area (Å²) in [6.45, 7) is 5.42. The van der Waals surface area contributed by atoms with Gasteiger partial charge in [0.15, 0.2) is 0 Å². The van der Waals surface area contributed by atoms with Crippen molar-refractivity contribution in [2.45, 2.75) is 26.8 Å². The number of carbonyl (C=O) groups is 3. The molecule has 1 atom stereocenters. The number of thiophene rings is 1. The number of hydrogen-bond donors (Lipinski definition) is 2. The highest BCUT2D eigenvalue weighted by Gasteiger charge is 2.27. The molecule has 2 amide bonds. The van der Waals surface area contributed by atoms with Crippen LogP contribution in [0.2, 0.25) is 5.02 Å². The van der Waals surface area contributed by atoms with Crippen LogP contribution in [0.4, 0.5) is 5.00 Å². The number of carbonyl (C=O) groups excluding carboxylic acids is 3. The van der Waals surface area contributed by atoms with Gasteiger partial charge >= 0.3 is 5.97 Å². The summed E-state index contributed by atoms with van der Waals surface area (Å²) in [5.41, 5.74) is 1.96. The maximum Gasteiger partial charge on any atom is 0.341 e. The first-order valence-corrected chi connectivity index (χ1v) is 11.2. The molecule has 0 saturated carbocycles. The van der Waals surface area contributed by atoms with E-state index < -0.39 is 11.9 Å². The topological polar surface area (TPSA) is 84.5 Å². The third kappa shape index (κ3) is 5.36. The van der Waals surface area contributed by atoms with Crippen LogP contribution in [0.3, 0.4) is 0 Å². The van der Waals surface area contributed by atoms with Crippen molar-refractivity contribution < 1.29 is 19.1 Å². The number of amides is 2. The number of esters is 1. The zero-order valence-corrected chi connectivity index (χ0v) is 19.5. The summed E-state index contributed by atoms with van der Waals surface area (Å²) in [4.78, 5) is 38.7. The summed E-state index contributed by atoms with van der Waals surface area (Å²) < 4.78 is 5.16. The molecule has 166 valence electrons. The van der Waals surface area contributed by atoms with E-state index in [9.17, 15) is 14.4 Å². The van der Waals surface area contributed by atoms with Crippen LogP contribution in [0.15, 0.2) is 54.6 Å². The molecule has 0 aliphatic carbocycles. The maximum absolute atomic E-state index is 13.0. The molecule has 2 N–H and O–H groups in total. The van der Waals surface area contributed by atoms with Gasteiger partial charge in [0.2, 0.25) is 0 Å². The Hall–Kier alpha value is -3.16. The molecule has 0 saturated heterocycles. The fourth-order valence-corrected chi connectivity index (χ4v) is 4.35. The highest BCUT2D eigenvalue weighted by Crippen LogP contribution is 2.34. The molecule has 32 heavy (non-hydrogen) atoms. The second kappa shape index (κ2) is 10.4. The second-order valence-electron chi connectivity index (χ2n) is 7.05. The van der Waals surface area contributed by atoms with E-state index in [1.807, 2.05) is 37.3 Å². The van der Waals surface area contributed by atoms with E-state index >= 15 is 0 Å². The van der Waals surface area contributed by atoms with Gasteiger partial charge in [0.25, 0.3) is 11.8 Å². The number of ether oxygens (including phenoxy) is 1. The van der Waals surface area contributed by atoms with Crippen LogP contribution in [-0.2, 0) is 4.74 Å². The minimum atomic E-state index is -0.595. The number of rotatable bonds is 7. The summed E-state index contributed by atoms with van der Waals surface area (Å²) >= 11 is 6.93. The van der Waals surface area contributed by atoms with Crippen LogP contribution in [0.5, 0.6) is 0 Å². The molecule has 1 unspecified atom stereocenters. The number of benzene rings is 2. The number of halogens is 1. The third-order valence-corrected chi connectivity index (χ3v) is 6.27. The molecule has 8 heteroatoms. The van der Waals surface area contributed by atoms with Gasteiger partial charge in [-0.25, -0.2) is 4.79 Å². The average Bonchev–Trinajstić information content (AvgIpc) is 3.10. The number of anilines is 1. The molecule has 0 aliphatic heterocycles. The summed E-state index contributed by atoms with van der Waals surface area (Å²) in [5.74, 6) is -1.35. The summed E-state index contributed by atoms with van der Waals surface area (Å²) in [5, 5.41) is 6.46. The Kier molecular flexibility index (Phi) is 7.66. The third-order valence-electron chi connectivity index (χ3n) is 4.81. The van der Waals surface area contributed by atoms with Crippen molar-refractivity contribution in [1.29, 1.82) is 0 Å². The van der Waals surface area contributed by atoms with E-state index in [1.54, 1.807) is 38.1 Å². The SMILES string of the molecule is CCOC(=O)c1c(NC(=O)c2ccc(Cl)cc2)sc(C(=O)NC(C)c2ccccc2)c1C. The van der Waals surface area contributed by atoms with Gasteiger partial charge in [-0.1, -0.05) is 41.9 Å². The number of hydrogen-bond acceptors (Lipinski definition) is 5. The fourth-order valence-electron chi connectivity index (χ4n) is 3.13. The van der Waals surface area contributed by atoms with E-state index in [0.717, 1.165) is 16.9 Å². The molecule has 2 aromatic carbocycles. The Morgan fingerprint density at radius 1 is 1.03 bits per heavy atom. The van der Waals surface area contributed by atoms with E-state index in [1.165, 1.54) is 0 Å². The largest absolute Gasteiger partial charge is 0.462 e. The highest BCUT2D eigenvalue weighted by molar-refractivity contribution is 7.18. The molecule has 0 fully saturated rings. The summed E-state index contributed by atoms with van der Waals surface area (Å²) in [6, 6.07) is 15.7. The Bertz CT molecular complexity index is 1130. The van der Waals surface area contributed by atoms with Crippen LogP contribution in [0.25, 0.3) is 0 Å². The Labute approximate surface area is 195 Å². The van der Waals surface area contributed by atoms with Crippen LogP contribution in [-0.4, -0.2) is 24.4 Å². The quantitative estimate of drug-likeness (QED) is 0.438. The fraction of sp³-hybridized carbons (Fsp3) is 0.208. The summed E-state index contributed by atoms with van der Waals surface area (Å²) in [6.07, 6.45) is 0. The minimum absolute atomic E-state index is 0.172. The average molecular weight is 471 g/mol. The second-order valence-corrected chi connectivity index (χ2v) is 8.50. The van der Waals surface area contributed by atoms with Gasteiger partial charge in [-0.05, 0) is 56.2 Å². The van der Waals surface area contributed by atoms with Gasteiger partial charge in [0.1, 0.15) is 5.00 Å². The normalized spacial score (nSPS) is 11.5. The predicted molar refractivity (Wildman–Crippen MR) is 127 cm³/mol. The molecule has 0 spiro atoms. The van der Waals surface area contributed by atoms with Crippen molar-refractivity contribution in [3.63, 3.8) is 0 Å². The standard InChI is InChI=1S/C24H23ClN2O4S/c1-4-31-24(30)19-14(2)20(22(29)26-15(3)16-8-6-5-7-9-16)32-23(19)27-21(28)17-10-12-18(25)13-11-17/h5-13,15H,4H2,1-3H3,(H,26,29)(H,27,28). The molecule has 0 aliphatic rings. The molecule has 6 nitrogen and oxygen atoms in total. The van der Waals surface area contributed by atoms with Gasteiger partial charge in [-0.2, -0.15) is 0 Å². The van der Waals surface area contributed by atoms with Crippen molar-refractivity contribution in [3.8, 4) is 0 Å². The zero-order chi connectivity index (χ0) is 23.3. The lowest BCUT2D eigenvalue weighted by atomic mass is 10.1. The summed E-state index contributed by atoms with van der Waals surface area (Å²) in [7, 11) is 0. The number of nitrogens with one attached hydrogen (secondary N) is 2. The van der Waals surface area contributed by atoms with Gasteiger partial charge in [-0.3, -0.25) is 9.59 Å². The smallest absolute Gasteiger partial charge is 0.341 e. The highest BCUT2D eigenvalue weighted by atomic mass is 35.5. The first kappa shape index (κ1) is 23.5. The van der Waals surface area contributed by atoms with Crippen LogP contribution in [0.1, 0.15) is 61.4 Å². The molecule has 3 rings (SSSR count).